The first kappa shape index (κ1) is 86.9. The number of rotatable bonds is 69. The zero-order chi connectivity index (χ0) is 65.5. The number of nitrogens with one attached hydrogen (secondary N) is 1. The van der Waals surface area contributed by atoms with Gasteiger partial charge in [0.15, 0.2) is 0 Å². The molecule has 0 aliphatic rings. The van der Waals surface area contributed by atoms with Crippen molar-refractivity contribution in [3.05, 3.63) is 122 Å². The zero-order valence-electron chi connectivity index (χ0n) is 59.6. The SMILES string of the molecule is CC/C=C\C/C=C\C/C=C\C/C=C\C/C=C\C/C=C\C/C=C\C/C=C\C/C=C\CCCCCCCCCCCCCC(=O)NC(COP(=O)(O)OCC[N+](C)(C)C)C(O)/C=C/CCCCCCCCCCCCCCCCCCCCCCCCCCCCC. The molecule has 9 heteroatoms. The minimum Gasteiger partial charge on any atom is -0.387 e. The summed E-state index contributed by atoms with van der Waals surface area (Å²) in [6.45, 7) is 4.73. The molecule has 1 amide bonds. The van der Waals surface area contributed by atoms with Gasteiger partial charge in [0, 0.05) is 6.42 Å². The Morgan fingerprint density at radius 1 is 0.389 bits per heavy atom. The lowest BCUT2D eigenvalue weighted by Crippen LogP contribution is -2.45. The zero-order valence-corrected chi connectivity index (χ0v) is 60.5. The molecule has 3 atom stereocenters. The molecule has 0 aliphatic heterocycles. The van der Waals surface area contributed by atoms with Gasteiger partial charge in [-0.3, -0.25) is 13.8 Å². The normalized spacial score (nSPS) is 14.3. The summed E-state index contributed by atoms with van der Waals surface area (Å²) in [5.74, 6) is -0.181. The van der Waals surface area contributed by atoms with Crippen LogP contribution >= 0.6 is 7.82 Å². The fourth-order valence-corrected chi connectivity index (χ4v) is 11.6. The van der Waals surface area contributed by atoms with E-state index in [-0.39, 0.29) is 19.1 Å². The van der Waals surface area contributed by atoms with Crippen molar-refractivity contribution in [3.8, 4) is 0 Å². The molecule has 0 heterocycles. The number of aliphatic hydroxyl groups excluding tert-OH is 1. The number of phosphoric ester groups is 1. The van der Waals surface area contributed by atoms with Gasteiger partial charge in [0.2, 0.25) is 5.91 Å². The number of amides is 1. The predicted molar refractivity (Wildman–Crippen MR) is 396 cm³/mol. The second-order valence-corrected chi connectivity index (χ2v) is 28.1. The number of allylic oxidation sites excluding steroid dienone is 19. The number of likely N-dealkylation sites (N-methyl/N-ethyl adjacent to an activating group) is 1. The lowest BCUT2D eigenvalue weighted by molar-refractivity contribution is -0.870. The third-order valence-corrected chi connectivity index (χ3v) is 17.7. The summed E-state index contributed by atoms with van der Waals surface area (Å²) in [7, 11) is 1.57. The van der Waals surface area contributed by atoms with Crippen molar-refractivity contribution in [2.75, 3.05) is 40.9 Å². The molecule has 0 radical (unpaired) electrons. The molecule has 0 spiro atoms. The average Bonchev–Trinajstić information content (AvgIpc) is 3.72. The Labute approximate surface area is 558 Å². The van der Waals surface area contributed by atoms with Gasteiger partial charge in [-0.15, -0.1) is 0 Å². The van der Waals surface area contributed by atoms with Gasteiger partial charge < -0.3 is 19.8 Å². The van der Waals surface area contributed by atoms with E-state index in [9.17, 15) is 19.4 Å². The number of aliphatic hydroxyl groups is 1. The van der Waals surface area contributed by atoms with Crippen molar-refractivity contribution in [3.63, 3.8) is 0 Å². The summed E-state index contributed by atoms with van der Waals surface area (Å²) < 4.78 is 23.9. The van der Waals surface area contributed by atoms with E-state index in [1.165, 1.54) is 218 Å². The summed E-state index contributed by atoms with van der Waals surface area (Å²) >= 11 is 0. The highest BCUT2D eigenvalue weighted by atomic mass is 31.2. The van der Waals surface area contributed by atoms with Crippen LogP contribution in [0.15, 0.2) is 122 Å². The number of carbonyl (C=O) groups excluding carboxylic acids is 1. The van der Waals surface area contributed by atoms with Gasteiger partial charge >= 0.3 is 7.82 Å². The smallest absolute Gasteiger partial charge is 0.387 e. The Morgan fingerprint density at radius 2 is 0.667 bits per heavy atom. The second-order valence-electron chi connectivity index (χ2n) is 26.6. The summed E-state index contributed by atoms with van der Waals surface area (Å²) in [6, 6.07) is -0.858. The monoisotopic (exact) mass is 1270 g/mol. The van der Waals surface area contributed by atoms with E-state index in [4.69, 9.17) is 9.05 Å². The van der Waals surface area contributed by atoms with Crippen LogP contribution in [0.3, 0.4) is 0 Å². The van der Waals surface area contributed by atoms with Gasteiger partial charge in [-0.2, -0.15) is 0 Å². The van der Waals surface area contributed by atoms with Gasteiger partial charge in [-0.25, -0.2) is 4.57 Å². The first-order chi connectivity index (χ1) is 44.0. The van der Waals surface area contributed by atoms with E-state index in [2.05, 4.69) is 129 Å². The van der Waals surface area contributed by atoms with Crippen molar-refractivity contribution >= 4 is 13.7 Å². The molecule has 0 aromatic rings. The topological polar surface area (TPSA) is 105 Å². The van der Waals surface area contributed by atoms with Crippen LogP contribution in [-0.4, -0.2) is 73.4 Å². The maximum absolute atomic E-state index is 13.1. The summed E-state index contributed by atoms with van der Waals surface area (Å²) in [5, 5.41) is 14.0. The third-order valence-electron chi connectivity index (χ3n) is 16.7. The average molecular weight is 1280 g/mol. The predicted octanol–water partition coefficient (Wildman–Crippen LogP) is 24.8. The van der Waals surface area contributed by atoms with Crippen molar-refractivity contribution in [1.82, 2.24) is 5.32 Å². The van der Waals surface area contributed by atoms with Crippen LogP contribution in [0.25, 0.3) is 0 Å². The number of hydrogen-bond acceptors (Lipinski definition) is 5. The lowest BCUT2D eigenvalue weighted by Gasteiger charge is -2.25. The second kappa shape index (κ2) is 70.2. The summed E-state index contributed by atoms with van der Waals surface area (Å²) in [6.07, 6.45) is 105. The van der Waals surface area contributed by atoms with E-state index in [0.29, 0.717) is 17.4 Å². The van der Waals surface area contributed by atoms with Crippen LogP contribution in [0.1, 0.15) is 335 Å². The first-order valence-electron chi connectivity index (χ1n) is 37.9. The van der Waals surface area contributed by atoms with Crippen LogP contribution in [0.5, 0.6) is 0 Å². The van der Waals surface area contributed by atoms with Crippen LogP contribution in [-0.2, 0) is 18.4 Å². The molecular formula is C81H146N2O6P+. The minimum atomic E-state index is -4.36. The quantitative estimate of drug-likeness (QED) is 0.0243. The largest absolute Gasteiger partial charge is 0.472 e. The Bertz CT molecular complexity index is 1890. The van der Waals surface area contributed by atoms with Crippen molar-refractivity contribution < 1.29 is 32.9 Å². The highest BCUT2D eigenvalue weighted by molar-refractivity contribution is 7.47. The standard InChI is InChI=1S/C81H145N2O6P/c1-6-8-10-12-14-16-18-20-22-24-26-28-30-32-34-36-37-38-39-40-41-42-43-44-45-47-49-51-53-55-57-59-61-63-65-67-69-71-73-75-81(85)82-79(78-89-90(86,87)88-77-76-83(3,4)5)80(84)74-72-70-68-66-64-62-60-58-56-54-52-50-48-46-35-33-31-29-27-25-23-21-19-17-15-13-11-9-7-2/h8,10,14,16,20,22,26,28,32,34,37-38,40-41,43-44,47,49,72,74,79-80,84H,6-7,9,11-13,15,17-19,21,23-25,27,29-31,33,35-36,39,42,45-46,48,50-71,73,75-78H2,1-5H3,(H-,82,85,86,87)/p+1/b10-8-,16-14-,22-20-,28-26-,34-32-,38-37-,41-40-,44-43-,49-47-,74-72+. The number of hydrogen-bond donors (Lipinski definition) is 3. The maximum atomic E-state index is 13.1. The molecule has 520 valence electrons. The fourth-order valence-electron chi connectivity index (χ4n) is 10.9. The Balaban J connectivity index is 4.08. The molecular weight excluding hydrogens is 1130 g/mol. The van der Waals surface area contributed by atoms with E-state index in [1.54, 1.807) is 6.08 Å². The molecule has 90 heavy (non-hydrogen) atoms. The van der Waals surface area contributed by atoms with Crippen molar-refractivity contribution in [2.45, 2.75) is 347 Å². The molecule has 8 nitrogen and oxygen atoms in total. The fraction of sp³-hybridized carbons (Fsp3) is 0.741. The molecule has 3 unspecified atom stereocenters. The number of carbonyl (C=O) groups is 1. The molecule has 0 saturated carbocycles. The van der Waals surface area contributed by atoms with Crippen LogP contribution in [0.2, 0.25) is 0 Å². The molecule has 0 aliphatic carbocycles. The Hall–Kier alpha value is -3.10. The van der Waals surface area contributed by atoms with Gasteiger partial charge in [-0.05, 0) is 89.9 Å². The van der Waals surface area contributed by atoms with E-state index < -0.39 is 20.0 Å². The number of phosphoric acid groups is 1. The summed E-state index contributed by atoms with van der Waals surface area (Å²) in [5.41, 5.74) is 0. The van der Waals surface area contributed by atoms with Crippen molar-refractivity contribution in [1.29, 1.82) is 0 Å². The van der Waals surface area contributed by atoms with E-state index in [1.807, 2.05) is 27.2 Å². The Morgan fingerprint density at radius 3 is 0.978 bits per heavy atom. The van der Waals surface area contributed by atoms with E-state index >= 15 is 0 Å². The first-order valence-corrected chi connectivity index (χ1v) is 39.4. The molecule has 0 fully saturated rings. The van der Waals surface area contributed by atoms with Crippen LogP contribution < -0.4 is 5.32 Å². The Kier molecular flexibility index (Phi) is 67.8. The van der Waals surface area contributed by atoms with Crippen LogP contribution in [0, 0.1) is 0 Å². The molecule has 0 bridgehead atoms. The molecule has 3 N–H and O–H groups in total. The number of nitrogens with zero attached hydrogens (tertiary/aromatic N) is 1. The molecule has 0 rings (SSSR count). The highest BCUT2D eigenvalue weighted by Crippen LogP contribution is 2.43. The van der Waals surface area contributed by atoms with Gasteiger partial charge in [0.05, 0.1) is 39.9 Å². The lowest BCUT2D eigenvalue weighted by atomic mass is 10.0. The van der Waals surface area contributed by atoms with Gasteiger partial charge in [-0.1, -0.05) is 360 Å². The maximum Gasteiger partial charge on any atom is 0.472 e. The number of unbranched alkanes of at least 4 members (excludes halogenated alkanes) is 38. The molecule has 0 saturated heterocycles. The van der Waals surface area contributed by atoms with Gasteiger partial charge in [0.25, 0.3) is 0 Å². The summed E-state index contributed by atoms with van der Waals surface area (Å²) in [4.78, 5) is 23.5. The minimum absolute atomic E-state index is 0.0568. The third kappa shape index (κ3) is 72.3. The van der Waals surface area contributed by atoms with E-state index in [0.717, 1.165) is 96.3 Å². The van der Waals surface area contributed by atoms with Gasteiger partial charge in [0.1, 0.15) is 13.2 Å². The number of quaternary nitrogens is 1. The van der Waals surface area contributed by atoms with Crippen molar-refractivity contribution in [2.24, 2.45) is 0 Å². The molecule has 0 aromatic carbocycles. The molecule has 0 aromatic heterocycles. The highest BCUT2D eigenvalue weighted by Gasteiger charge is 2.28. The van der Waals surface area contributed by atoms with Crippen LogP contribution in [0.4, 0.5) is 0 Å².